The van der Waals surface area contributed by atoms with Crippen LogP contribution in [0.25, 0.3) is 0 Å². The van der Waals surface area contributed by atoms with Crippen LogP contribution in [-0.4, -0.2) is 60.1 Å². The van der Waals surface area contributed by atoms with Crippen molar-refractivity contribution in [3.8, 4) is 0 Å². The highest BCUT2D eigenvalue weighted by molar-refractivity contribution is 5.94. The van der Waals surface area contributed by atoms with Crippen LogP contribution in [-0.2, 0) is 0 Å². The second-order valence-electron chi connectivity index (χ2n) is 4.32. The van der Waals surface area contributed by atoms with Crippen LogP contribution in [0.2, 0.25) is 0 Å². The minimum atomic E-state index is -0.0377. The van der Waals surface area contributed by atoms with Crippen LogP contribution < -0.4 is 10.6 Å². The third kappa shape index (κ3) is 4.17. The van der Waals surface area contributed by atoms with Crippen molar-refractivity contribution in [3.63, 3.8) is 0 Å². The summed E-state index contributed by atoms with van der Waals surface area (Å²) in [5.74, 6) is 0.729. The molecule has 0 atom stereocenters. The van der Waals surface area contributed by atoms with Gasteiger partial charge in [0.15, 0.2) is 5.84 Å². The van der Waals surface area contributed by atoms with E-state index in [0.29, 0.717) is 5.69 Å². The van der Waals surface area contributed by atoms with Crippen molar-refractivity contribution in [2.45, 2.75) is 6.42 Å². The van der Waals surface area contributed by atoms with Gasteiger partial charge in [-0.15, -0.1) is 0 Å². The number of hydrogen-bond donors (Lipinski definition) is 2. The lowest BCUT2D eigenvalue weighted by atomic mass is 10.3. The van der Waals surface area contributed by atoms with E-state index < -0.39 is 0 Å². The SMILES string of the molecule is CN(C)CCCN(C)c1cnc(C(N)=NO)cn1. The first kappa shape index (κ1) is 14.2. The predicted molar refractivity (Wildman–Crippen MR) is 71.0 cm³/mol. The number of amidine groups is 1. The van der Waals surface area contributed by atoms with Crippen molar-refractivity contribution in [1.82, 2.24) is 14.9 Å². The van der Waals surface area contributed by atoms with E-state index in [2.05, 4.69) is 20.0 Å². The van der Waals surface area contributed by atoms with Crippen molar-refractivity contribution >= 4 is 11.7 Å². The first-order valence-corrected chi connectivity index (χ1v) is 5.70. The van der Waals surface area contributed by atoms with Gasteiger partial charge in [-0.2, -0.15) is 0 Å². The molecule has 0 spiro atoms. The normalized spacial score (nSPS) is 11.9. The topological polar surface area (TPSA) is 90.9 Å². The minimum absolute atomic E-state index is 0.0377. The lowest BCUT2D eigenvalue weighted by Crippen LogP contribution is -2.24. The monoisotopic (exact) mass is 252 g/mol. The van der Waals surface area contributed by atoms with Crippen molar-refractivity contribution < 1.29 is 5.21 Å². The Bertz CT molecular complexity index is 389. The van der Waals surface area contributed by atoms with Crippen LogP contribution in [0.4, 0.5) is 5.82 Å². The van der Waals surface area contributed by atoms with E-state index in [1.807, 2.05) is 26.0 Å². The van der Waals surface area contributed by atoms with Crippen molar-refractivity contribution in [3.05, 3.63) is 18.1 Å². The Hall–Kier alpha value is -1.89. The van der Waals surface area contributed by atoms with E-state index in [1.54, 1.807) is 6.20 Å². The minimum Gasteiger partial charge on any atom is -0.409 e. The number of anilines is 1. The van der Waals surface area contributed by atoms with Crippen LogP contribution in [0.1, 0.15) is 12.1 Å². The third-order valence-corrected chi connectivity index (χ3v) is 2.50. The number of aromatic nitrogens is 2. The summed E-state index contributed by atoms with van der Waals surface area (Å²) >= 11 is 0. The molecule has 0 bridgehead atoms. The Balaban J connectivity index is 2.56. The fourth-order valence-corrected chi connectivity index (χ4v) is 1.44. The molecule has 1 aromatic rings. The summed E-state index contributed by atoms with van der Waals surface area (Å²) < 4.78 is 0. The molecule has 0 saturated heterocycles. The summed E-state index contributed by atoms with van der Waals surface area (Å²) in [6, 6.07) is 0. The molecule has 1 rings (SSSR count). The summed E-state index contributed by atoms with van der Waals surface area (Å²) in [5, 5.41) is 11.4. The highest BCUT2D eigenvalue weighted by Gasteiger charge is 2.05. The second kappa shape index (κ2) is 6.75. The molecule has 7 nitrogen and oxygen atoms in total. The lowest BCUT2D eigenvalue weighted by molar-refractivity contribution is 0.318. The number of rotatable bonds is 6. The van der Waals surface area contributed by atoms with Crippen LogP contribution in [0, 0.1) is 0 Å². The third-order valence-electron chi connectivity index (χ3n) is 2.50. The quantitative estimate of drug-likeness (QED) is 0.319. The molecule has 0 radical (unpaired) electrons. The fraction of sp³-hybridized carbons (Fsp3) is 0.545. The molecule has 0 saturated carbocycles. The van der Waals surface area contributed by atoms with Crippen LogP contribution >= 0.6 is 0 Å². The number of nitrogens with two attached hydrogens (primary N) is 1. The maximum Gasteiger partial charge on any atom is 0.190 e. The zero-order valence-corrected chi connectivity index (χ0v) is 11.0. The van der Waals surface area contributed by atoms with Crippen molar-refractivity contribution in [2.75, 3.05) is 39.1 Å². The summed E-state index contributed by atoms with van der Waals surface area (Å²) in [7, 11) is 6.06. The largest absolute Gasteiger partial charge is 0.409 e. The van der Waals surface area contributed by atoms with Gasteiger partial charge in [0.25, 0.3) is 0 Å². The standard InChI is InChI=1S/C11H20N6O/c1-16(2)5-4-6-17(3)10-8-13-9(7-14-10)11(12)15-18/h7-8,18H,4-6H2,1-3H3,(H2,12,15). The fourth-order valence-electron chi connectivity index (χ4n) is 1.44. The van der Waals surface area contributed by atoms with Gasteiger partial charge in [-0.05, 0) is 27.1 Å². The van der Waals surface area contributed by atoms with Gasteiger partial charge in [0, 0.05) is 13.6 Å². The van der Waals surface area contributed by atoms with Crippen molar-refractivity contribution in [2.24, 2.45) is 10.9 Å². The van der Waals surface area contributed by atoms with Gasteiger partial charge >= 0.3 is 0 Å². The zero-order valence-electron chi connectivity index (χ0n) is 11.0. The highest BCUT2D eigenvalue weighted by atomic mass is 16.4. The molecular weight excluding hydrogens is 232 g/mol. The van der Waals surface area contributed by atoms with Gasteiger partial charge in [0.1, 0.15) is 11.5 Å². The molecule has 0 amide bonds. The predicted octanol–water partition coefficient (Wildman–Crippen LogP) is -0.0410. The van der Waals surface area contributed by atoms with E-state index in [-0.39, 0.29) is 5.84 Å². The van der Waals surface area contributed by atoms with Gasteiger partial charge in [-0.25, -0.2) is 9.97 Å². The zero-order chi connectivity index (χ0) is 13.5. The smallest absolute Gasteiger partial charge is 0.190 e. The maximum atomic E-state index is 8.51. The molecule has 0 aliphatic heterocycles. The van der Waals surface area contributed by atoms with E-state index in [4.69, 9.17) is 10.9 Å². The Morgan fingerprint density at radius 3 is 2.50 bits per heavy atom. The Labute approximate surface area is 107 Å². The van der Waals surface area contributed by atoms with E-state index in [9.17, 15) is 0 Å². The van der Waals surface area contributed by atoms with Gasteiger partial charge in [0.05, 0.1) is 12.4 Å². The summed E-state index contributed by atoms with van der Waals surface area (Å²) in [5.41, 5.74) is 5.78. The number of nitrogens with zero attached hydrogens (tertiary/aromatic N) is 5. The van der Waals surface area contributed by atoms with Gasteiger partial charge in [-0.1, -0.05) is 5.16 Å². The average molecular weight is 252 g/mol. The number of hydrogen-bond acceptors (Lipinski definition) is 6. The first-order chi connectivity index (χ1) is 8.54. The first-order valence-electron chi connectivity index (χ1n) is 5.70. The molecule has 1 heterocycles. The summed E-state index contributed by atoms with van der Waals surface area (Å²) in [4.78, 5) is 12.5. The molecule has 1 aromatic heterocycles. The van der Waals surface area contributed by atoms with E-state index in [1.165, 1.54) is 6.20 Å². The lowest BCUT2D eigenvalue weighted by Gasteiger charge is -2.19. The Kier molecular flexibility index (Phi) is 5.31. The molecule has 3 N–H and O–H groups in total. The molecule has 0 aromatic carbocycles. The summed E-state index contributed by atoms with van der Waals surface area (Å²) in [6.07, 6.45) is 4.16. The Morgan fingerprint density at radius 1 is 1.28 bits per heavy atom. The van der Waals surface area contributed by atoms with Crippen LogP contribution in [0.15, 0.2) is 17.5 Å². The number of oxime groups is 1. The van der Waals surface area contributed by atoms with Crippen LogP contribution in [0.5, 0.6) is 0 Å². The van der Waals surface area contributed by atoms with E-state index in [0.717, 1.165) is 25.3 Å². The van der Waals surface area contributed by atoms with Crippen molar-refractivity contribution in [1.29, 1.82) is 0 Å². The molecule has 7 heteroatoms. The molecular formula is C11H20N6O. The average Bonchev–Trinajstić information content (AvgIpc) is 2.37. The van der Waals surface area contributed by atoms with Gasteiger partial charge < -0.3 is 20.7 Å². The molecule has 0 aliphatic carbocycles. The summed E-state index contributed by atoms with van der Waals surface area (Å²) in [6.45, 7) is 1.93. The van der Waals surface area contributed by atoms with Crippen LogP contribution in [0.3, 0.4) is 0 Å². The molecule has 0 unspecified atom stereocenters. The van der Waals surface area contributed by atoms with E-state index >= 15 is 0 Å². The van der Waals surface area contributed by atoms with Gasteiger partial charge in [0.2, 0.25) is 0 Å². The molecule has 18 heavy (non-hydrogen) atoms. The maximum absolute atomic E-state index is 8.51. The Morgan fingerprint density at radius 2 is 2.00 bits per heavy atom. The van der Waals surface area contributed by atoms with Gasteiger partial charge in [-0.3, -0.25) is 0 Å². The molecule has 0 fully saturated rings. The highest BCUT2D eigenvalue weighted by Crippen LogP contribution is 2.07. The second-order valence-corrected chi connectivity index (χ2v) is 4.32. The molecule has 0 aliphatic rings. The molecule has 100 valence electrons.